The number of amidine groups is 1. The standard InChI is InChI=1S/C9H9N3O2/c10-9(12-14)5-1-2-7-6(3-5)4-8(13)11-7/h1-3,14H,4H2,(H2,10,12)(H,11,13). The van der Waals surface area contributed by atoms with Crippen molar-refractivity contribution in [1.29, 1.82) is 0 Å². The molecule has 1 aromatic rings. The fourth-order valence-electron chi connectivity index (χ4n) is 1.45. The van der Waals surface area contributed by atoms with E-state index in [4.69, 9.17) is 10.9 Å². The Kier molecular flexibility index (Phi) is 1.85. The smallest absolute Gasteiger partial charge is 0.228 e. The van der Waals surface area contributed by atoms with Gasteiger partial charge in [0.25, 0.3) is 0 Å². The number of nitrogens with one attached hydrogen (secondary N) is 1. The molecule has 14 heavy (non-hydrogen) atoms. The average molecular weight is 191 g/mol. The van der Waals surface area contributed by atoms with Crippen molar-refractivity contribution < 1.29 is 10.0 Å². The van der Waals surface area contributed by atoms with Crippen molar-refractivity contribution in [3.63, 3.8) is 0 Å². The first kappa shape index (κ1) is 8.55. The zero-order valence-corrected chi connectivity index (χ0v) is 7.32. The lowest BCUT2D eigenvalue weighted by atomic mass is 10.1. The zero-order valence-electron chi connectivity index (χ0n) is 7.32. The summed E-state index contributed by atoms with van der Waals surface area (Å²) < 4.78 is 0. The molecule has 0 saturated heterocycles. The predicted molar refractivity (Wildman–Crippen MR) is 51.3 cm³/mol. The van der Waals surface area contributed by atoms with E-state index in [0.717, 1.165) is 11.3 Å². The van der Waals surface area contributed by atoms with Crippen LogP contribution < -0.4 is 11.1 Å². The topological polar surface area (TPSA) is 87.7 Å². The van der Waals surface area contributed by atoms with Gasteiger partial charge in [-0.15, -0.1) is 0 Å². The summed E-state index contributed by atoms with van der Waals surface area (Å²) in [6, 6.07) is 5.18. The summed E-state index contributed by atoms with van der Waals surface area (Å²) in [5.74, 6) is 0.0174. The molecule has 0 fully saturated rings. The summed E-state index contributed by atoms with van der Waals surface area (Å²) in [5.41, 5.74) is 7.70. The molecule has 1 heterocycles. The van der Waals surface area contributed by atoms with Crippen molar-refractivity contribution in [3.8, 4) is 0 Å². The van der Waals surface area contributed by atoms with Gasteiger partial charge in [-0.05, 0) is 23.8 Å². The van der Waals surface area contributed by atoms with Crippen LogP contribution >= 0.6 is 0 Å². The highest BCUT2D eigenvalue weighted by Gasteiger charge is 2.17. The third kappa shape index (κ3) is 1.28. The normalized spacial score (nSPS) is 15.1. The summed E-state index contributed by atoms with van der Waals surface area (Å²) >= 11 is 0. The lowest BCUT2D eigenvalue weighted by Gasteiger charge is -2.01. The SMILES string of the molecule is NC(=NO)c1ccc2c(c1)CC(=O)N2. The van der Waals surface area contributed by atoms with Gasteiger partial charge in [-0.1, -0.05) is 5.16 Å². The molecule has 0 saturated carbocycles. The number of rotatable bonds is 1. The van der Waals surface area contributed by atoms with Crippen LogP contribution in [0.1, 0.15) is 11.1 Å². The third-order valence-corrected chi connectivity index (χ3v) is 2.13. The molecular weight excluding hydrogens is 182 g/mol. The van der Waals surface area contributed by atoms with Crippen LogP contribution in [0.2, 0.25) is 0 Å². The van der Waals surface area contributed by atoms with Gasteiger partial charge in [0.05, 0.1) is 6.42 Å². The molecule has 0 bridgehead atoms. The lowest BCUT2D eigenvalue weighted by molar-refractivity contribution is -0.115. The number of amides is 1. The molecule has 0 atom stereocenters. The van der Waals surface area contributed by atoms with Gasteiger partial charge in [-0.2, -0.15) is 0 Å². The monoisotopic (exact) mass is 191 g/mol. The molecule has 5 heteroatoms. The molecule has 0 radical (unpaired) electrons. The minimum absolute atomic E-state index is 0.0309. The van der Waals surface area contributed by atoms with Crippen molar-refractivity contribution >= 4 is 17.4 Å². The minimum Gasteiger partial charge on any atom is -0.409 e. The zero-order chi connectivity index (χ0) is 10.1. The highest BCUT2D eigenvalue weighted by Crippen LogP contribution is 2.23. The molecule has 1 aromatic carbocycles. The number of benzene rings is 1. The summed E-state index contributed by atoms with van der Waals surface area (Å²) in [7, 11) is 0. The number of nitrogens with zero attached hydrogens (tertiary/aromatic N) is 1. The van der Waals surface area contributed by atoms with Crippen molar-refractivity contribution in [2.75, 3.05) is 5.32 Å². The van der Waals surface area contributed by atoms with Crippen LogP contribution in [-0.4, -0.2) is 17.0 Å². The van der Waals surface area contributed by atoms with Gasteiger partial charge in [0.1, 0.15) is 0 Å². The second kappa shape index (κ2) is 3.02. The first-order chi connectivity index (χ1) is 6.70. The van der Waals surface area contributed by atoms with Gasteiger partial charge in [0.2, 0.25) is 5.91 Å². The van der Waals surface area contributed by atoms with Gasteiger partial charge in [0, 0.05) is 11.3 Å². The molecule has 1 amide bonds. The Morgan fingerprint density at radius 3 is 3.07 bits per heavy atom. The summed E-state index contributed by atoms with van der Waals surface area (Å²) in [5, 5.41) is 14.1. The van der Waals surface area contributed by atoms with Crippen LogP contribution in [-0.2, 0) is 11.2 Å². The van der Waals surface area contributed by atoms with E-state index in [2.05, 4.69) is 10.5 Å². The van der Waals surface area contributed by atoms with Crippen molar-refractivity contribution in [3.05, 3.63) is 29.3 Å². The van der Waals surface area contributed by atoms with Gasteiger partial charge in [0.15, 0.2) is 5.84 Å². The summed E-state index contributed by atoms with van der Waals surface area (Å²) in [4.78, 5) is 11.0. The maximum absolute atomic E-state index is 11.0. The molecule has 4 N–H and O–H groups in total. The van der Waals surface area contributed by atoms with E-state index < -0.39 is 0 Å². The van der Waals surface area contributed by atoms with Gasteiger partial charge < -0.3 is 16.3 Å². The van der Waals surface area contributed by atoms with Crippen LogP contribution in [0.25, 0.3) is 0 Å². The van der Waals surface area contributed by atoms with E-state index in [9.17, 15) is 4.79 Å². The molecule has 0 aromatic heterocycles. The second-order valence-electron chi connectivity index (χ2n) is 3.08. The number of hydrogen-bond acceptors (Lipinski definition) is 3. The predicted octanol–water partition coefficient (Wildman–Crippen LogP) is 0.276. The van der Waals surface area contributed by atoms with E-state index in [1.165, 1.54) is 0 Å². The third-order valence-electron chi connectivity index (χ3n) is 2.13. The number of carbonyl (C=O) groups is 1. The van der Waals surface area contributed by atoms with Crippen molar-refractivity contribution in [2.24, 2.45) is 10.9 Å². The Labute approximate surface area is 80.2 Å². The van der Waals surface area contributed by atoms with Gasteiger partial charge in [-0.3, -0.25) is 4.79 Å². The number of oxime groups is 1. The van der Waals surface area contributed by atoms with E-state index in [-0.39, 0.29) is 11.7 Å². The Hall–Kier alpha value is -2.04. The Bertz CT molecular complexity index is 426. The molecule has 5 nitrogen and oxygen atoms in total. The Morgan fingerprint density at radius 1 is 1.57 bits per heavy atom. The van der Waals surface area contributed by atoms with Gasteiger partial charge in [-0.25, -0.2) is 0 Å². The number of carbonyl (C=O) groups excluding carboxylic acids is 1. The first-order valence-electron chi connectivity index (χ1n) is 4.11. The van der Waals surface area contributed by atoms with Crippen LogP contribution in [0.3, 0.4) is 0 Å². The fraction of sp³-hybridized carbons (Fsp3) is 0.111. The maximum atomic E-state index is 11.0. The molecule has 1 aliphatic rings. The van der Waals surface area contributed by atoms with E-state index in [0.29, 0.717) is 12.0 Å². The van der Waals surface area contributed by atoms with Crippen molar-refractivity contribution in [1.82, 2.24) is 0 Å². The minimum atomic E-state index is -0.0309. The fourth-order valence-corrected chi connectivity index (χ4v) is 1.45. The maximum Gasteiger partial charge on any atom is 0.228 e. The lowest BCUT2D eigenvalue weighted by Crippen LogP contribution is -2.13. The first-order valence-corrected chi connectivity index (χ1v) is 4.11. The molecule has 0 aliphatic carbocycles. The second-order valence-corrected chi connectivity index (χ2v) is 3.08. The van der Waals surface area contributed by atoms with Crippen LogP contribution in [0.4, 0.5) is 5.69 Å². The van der Waals surface area contributed by atoms with Crippen LogP contribution in [0, 0.1) is 0 Å². The largest absolute Gasteiger partial charge is 0.409 e. The molecule has 1 aliphatic heterocycles. The molecule has 0 unspecified atom stereocenters. The molecule has 2 rings (SSSR count). The van der Waals surface area contributed by atoms with E-state index in [1.807, 2.05) is 0 Å². The highest BCUT2D eigenvalue weighted by molar-refractivity contribution is 6.02. The van der Waals surface area contributed by atoms with Crippen LogP contribution in [0.5, 0.6) is 0 Å². The Morgan fingerprint density at radius 2 is 2.36 bits per heavy atom. The average Bonchev–Trinajstić information content (AvgIpc) is 2.55. The molecule has 72 valence electrons. The van der Waals surface area contributed by atoms with E-state index in [1.54, 1.807) is 18.2 Å². The quantitative estimate of drug-likeness (QED) is 0.258. The molecular formula is C9H9N3O2. The van der Waals surface area contributed by atoms with Gasteiger partial charge >= 0.3 is 0 Å². The Balaban J connectivity index is 2.42. The number of fused-ring (bicyclic) bond motifs is 1. The summed E-state index contributed by atoms with van der Waals surface area (Å²) in [6.07, 6.45) is 0.349. The van der Waals surface area contributed by atoms with Crippen LogP contribution in [0.15, 0.2) is 23.4 Å². The number of hydrogen-bond donors (Lipinski definition) is 3. The van der Waals surface area contributed by atoms with E-state index >= 15 is 0 Å². The number of anilines is 1. The number of nitrogens with two attached hydrogens (primary N) is 1. The molecule has 0 spiro atoms. The van der Waals surface area contributed by atoms with Crippen molar-refractivity contribution in [2.45, 2.75) is 6.42 Å². The summed E-state index contributed by atoms with van der Waals surface area (Å²) in [6.45, 7) is 0. The highest BCUT2D eigenvalue weighted by atomic mass is 16.4.